The second-order valence-corrected chi connectivity index (χ2v) is 8.23. The molecule has 0 bridgehead atoms. The van der Waals surface area contributed by atoms with Crippen LogP contribution in [0, 0.1) is 5.92 Å². The number of fused-ring (bicyclic) bond motifs is 1. The minimum absolute atomic E-state index is 0.0555. The summed E-state index contributed by atoms with van der Waals surface area (Å²) >= 11 is 0. The number of nitrogens with two attached hydrogens (primary N) is 1. The third kappa shape index (κ3) is 4.75. The molecule has 2 heterocycles. The molecule has 1 aliphatic heterocycles. The van der Waals surface area contributed by atoms with Gasteiger partial charge in [-0.3, -0.25) is 23.9 Å². The van der Waals surface area contributed by atoms with Crippen LogP contribution in [0.5, 0.6) is 0 Å². The molecule has 3 rings (SSSR count). The highest BCUT2D eigenvalue weighted by Gasteiger charge is 2.35. The van der Waals surface area contributed by atoms with E-state index in [1.807, 2.05) is 13.8 Å². The quantitative estimate of drug-likeness (QED) is 0.525. The van der Waals surface area contributed by atoms with Gasteiger partial charge in [-0.2, -0.15) is 0 Å². The Labute approximate surface area is 185 Å². The van der Waals surface area contributed by atoms with Crippen molar-refractivity contribution in [1.82, 2.24) is 9.55 Å². The van der Waals surface area contributed by atoms with Crippen molar-refractivity contribution in [3.05, 3.63) is 50.7 Å². The molecule has 0 spiro atoms. The average molecular weight is 444 g/mol. The molecule has 0 saturated heterocycles. The molecule has 2 amide bonds. The fourth-order valence-corrected chi connectivity index (χ4v) is 3.90. The molecule has 1 aliphatic rings. The number of benzene rings is 1. The summed E-state index contributed by atoms with van der Waals surface area (Å²) in [5.74, 6) is -1.50. The fourth-order valence-electron chi connectivity index (χ4n) is 3.90. The molecule has 10 heteroatoms. The fraction of sp³-hybridized carbons (Fsp3) is 0.455. The SMILES string of the molecule is COCCCN(C(=O)C1CC(=O)Nc2ccccc21)c1c(N)n(CC(C)C)c(=O)[nH]c1=O. The maximum Gasteiger partial charge on any atom is 0.330 e. The predicted octanol–water partition coefficient (Wildman–Crippen LogP) is 1.27. The number of H-pyrrole nitrogens is 1. The molecule has 1 atom stereocenters. The Kier molecular flexibility index (Phi) is 7.14. The van der Waals surface area contributed by atoms with Gasteiger partial charge in [0.2, 0.25) is 11.8 Å². The number of aromatic nitrogens is 2. The van der Waals surface area contributed by atoms with E-state index in [9.17, 15) is 19.2 Å². The number of rotatable bonds is 8. The molecule has 1 aromatic heterocycles. The number of carbonyl (C=O) groups excluding carboxylic acids is 2. The van der Waals surface area contributed by atoms with Crippen molar-refractivity contribution in [2.24, 2.45) is 5.92 Å². The van der Waals surface area contributed by atoms with Gasteiger partial charge in [-0.05, 0) is 24.0 Å². The maximum atomic E-state index is 13.7. The van der Waals surface area contributed by atoms with E-state index in [0.29, 0.717) is 24.3 Å². The van der Waals surface area contributed by atoms with Crippen LogP contribution in [0.3, 0.4) is 0 Å². The third-order valence-corrected chi connectivity index (χ3v) is 5.33. The summed E-state index contributed by atoms with van der Waals surface area (Å²) in [5, 5.41) is 2.77. The maximum absolute atomic E-state index is 13.7. The Morgan fingerprint density at radius 3 is 2.69 bits per heavy atom. The van der Waals surface area contributed by atoms with Gasteiger partial charge in [0.1, 0.15) is 5.82 Å². The number of ether oxygens (including phenoxy) is 1. The second-order valence-electron chi connectivity index (χ2n) is 8.23. The Morgan fingerprint density at radius 2 is 2.00 bits per heavy atom. The van der Waals surface area contributed by atoms with Gasteiger partial charge < -0.3 is 20.7 Å². The first-order valence-electron chi connectivity index (χ1n) is 10.6. The van der Waals surface area contributed by atoms with Crippen LogP contribution in [0.2, 0.25) is 0 Å². The Balaban J connectivity index is 2.11. The number of anilines is 3. The van der Waals surface area contributed by atoms with E-state index in [-0.39, 0.29) is 42.8 Å². The number of aromatic amines is 1. The van der Waals surface area contributed by atoms with Gasteiger partial charge in [0.05, 0.1) is 5.92 Å². The molecule has 172 valence electrons. The number of nitrogens with zero attached hydrogens (tertiary/aromatic N) is 2. The third-order valence-electron chi connectivity index (χ3n) is 5.33. The molecule has 0 saturated carbocycles. The van der Waals surface area contributed by atoms with E-state index in [0.717, 1.165) is 0 Å². The predicted molar refractivity (Wildman–Crippen MR) is 122 cm³/mol. The number of nitrogen functional groups attached to an aromatic ring is 1. The van der Waals surface area contributed by atoms with Crippen molar-refractivity contribution in [2.75, 3.05) is 36.2 Å². The van der Waals surface area contributed by atoms with E-state index in [1.54, 1.807) is 24.3 Å². The van der Waals surface area contributed by atoms with Gasteiger partial charge >= 0.3 is 5.69 Å². The van der Waals surface area contributed by atoms with E-state index in [4.69, 9.17) is 10.5 Å². The summed E-state index contributed by atoms with van der Waals surface area (Å²) < 4.78 is 6.37. The zero-order chi connectivity index (χ0) is 23.4. The molecule has 4 N–H and O–H groups in total. The van der Waals surface area contributed by atoms with Crippen molar-refractivity contribution in [3.63, 3.8) is 0 Å². The first kappa shape index (κ1) is 23.3. The molecular weight excluding hydrogens is 414 g/mol. The Bertz CT molecular complexity index is 1120. The number of amides is 2. The van der Waals surface area contributed by atoms with Crippen LogP contribution >= 0.6 is 0 Å². The zero-order valence-corrected chi connectivity index (χ0v) is 18.5. The number of hydrogen-bond donors (Lipinski definition) is 3. The lowest BCUT2D eigenvalue weighted by atomic mass is 9.89. The molecule has 1 unspecified atom stereocenters. The van der Waals surface area contributed by atoms with Crippen molar-refractivity contribution in [3.8, 4) is 0 Å². The lowest BCUT2D eigenvalue weighted by Gasteiger charge is -2.31. The smallest absolute Gasteiger partial charge is 0.330 e. The van der Waals surface area contributed by atoms with Crippen molar-refractivity contribution in [2.45, 2.75) is 39.2 Å². The van der Waals surface area contributed by atoms with Crippen LogP contribution in [0.15, 0.2) is 33.9 Å². The van der Waals surface area contributed by atoms with E-state index in [1.165, 1.54) is 16.6 Å². The first-order chi connectivity index (χ1) is 15.2. The largest absolute Gasteiger partial charge is 0.385 e. The summed E-state index contributed by atoms with van der Waals surface area (Å²) in [4.78, 5) is 54.7. The van der Waals surface area contributed by atoms with Crippen LogP contribution in [-0.2, 0) is 20.9 Å². The van der Waals surface area contributed by atoms with Gasteiger partial charge in [0.25, 0.3) is 5.56 Å². The molecule has 32 heavy (non-hydrogen) atoms. The van der Waals surface area contributed by atoms with Crippen LogP contribution in [0.4, 0.5) is 17.2 Å². The lowest BCUT2D eigenvalue weighted by molar-refractivity contribution is -0.124. The summed E-state index contributed by atoms with van der Waals surface area (Å²) in [5.41, 5.74) is 6.03. The van der Waals surface area contributed by atoms with Crippen LogP contribution < -0.4 is 27.2 Å². The van der Waals surface area contributed by atoms with Crippen LogP contribution in [-0.4, -0.2) is 41.6 Å². The van der Waals surface area contributed by atoms with Gasteiger partial charge in [-0.1, -0.05) is 32.0 Å². The van der Waals surface area contributed by atoms with Crippen LogP contribution in [0.25, 0.3) is 0 Å². The highest BCUT2D eigenvalue weighted by molar-refractivity contribution is 6.06. The van der Waals surface area contributed by atoms with Crippen LogP contribution in [0.1, 0.15) is 38.2 Å². The van der Waals surface area contributed by atoms with Gasteiger partial charge in [-0.15, -0.1) is 0 Å². The normalized spacial score (nSPS) is 15.4. The van der Waals surface area contributed by atoms with Crippen molar-refractivity contribution in [1.29, 1.82) is 0 Å². The summed E-state index contributed by atoms with van der Waals surface area (Å²) in [6.07, 6.45) is 0.380. The zero-order valence-electron chi connectivity index (χ0n) is 18.5. The average Bonchev–Trinajstić information content (AvgIpc) is 2.74. The number of carbonyl (C=O) groups is 2. The standard InChI is InChI=1S/C22H29N5O5/c1-13(2)12-27-19(23)18(20(29)25-22(27)31)26(9-6-10-32-3)21(30)15-11-17(28)24-16-8-5-4-7-14(15)16/h4-5,7-8,13,15H,6,9-12,23H2,1-3H3,(H,24,28)(H,25,29,31). The van der Waals surface area contributed by atoms with Gasteiger partial charge in [-0.25, -0.2) is 4.79 Å². The van der Waals surface area contributed by atoms with E-state index in [2.05, 4.69) is 10.3 Å². The Hall–Kier alpha value is -3.40. The topological polar surface area (TPSA) is 140 Å². The van der Waals surface area contributed by atoms with Crippen molar-refractivity contribution >= 4 is 29.0 Å². The molecule has 0 radical (unpaired) electrons. The molecular formula is C22H29N5O5. The minimum Gasteiger partial charge on any atom is -0.385 e. The van der Waals surface area contributed by atoms with Gasteiger partial charge in [0, 0.05) is 38.9 Å². The van der Waals surface area contributed by atoms with Crippen molar-refractivity contribution < 1.29 is 14.3 Å². The minimum atomic E-state index is -0.785. The number of nitrogens with one attached hydrogen (secondary N) is 2. The molecule has 1 aromatic carbocycles. The summed E-state index contributed by atoms with van der Waals surface area (Å²) in [7, 11) is 1.54. The first-order valence-corrected chi connectivity index (χ1v) is 10.6. The number of hydrogen-bond acceptors (Lipinski definition) is 6. The molecule has 0 aliphatic carbocycles. The van der Waals surface area contributed by atoms with E-state index >= 15 is 0 Å². The second kappa shape index (κ2) is 9.82. The Morgan fingerprint density at radius 1 is 1.28 bits per heavy atom. The molecule has 2 aromatic rings. The molecule has 0 fully saturated rings. The lowest BCUT2D eigenvalue weighted by Crippen LogP contribution is -2.45. The van der Waals surface area contributed by atoms with E-state index < -0.39 is 23.1 Å². The number of methoxy groups -OCH3 is 1. The summed E-state index contributed by atoms with van der Waals surface area (Å²) in [6, 6.07) is 7.06. The summed E-state index contributed by atoms with van der Waals surface area (Å²) in [6.45, 7) is 4.60. The van der Waals surface area contributed by atoms with Gasteiger partial charge in [0.15, 0.2) is 5.69 Å². The monoisotopic (exact) mass is 443 g/mol. The number of para-hydroxylation sites is 1. The molecule has 10 nitrogen and oxygen atoms in total. The highest BCUT2D eigenvalue weighted by atomic mass is 16.5. The highest BCUT2D eigenvalue weighted by Crippen LogP contribution is 2.34.